The highest BCUT2D eigenvalue weighted by molar-refractivity contribution is 7.12. The fourth-order valence-corrected chi connectivity index (χ4v) is 2.18. The van der Waals surface area contributed by atoms with Crippen LogP contribution in [0.25, 0.3) is 0 Å². The molecule has 1 amide bonds. The van der Waals surface area contributed by atoms with Gasteiger partial charge >= 0.3 is 0 Å². The number of hydrazine groups is 1. The van der Waals surface area contributed by atoms with Gasteiger partial charge in [-0.05, 0) is 30.7 Å². The number of carbonyl (C=O) groups excluding carboxylic acids is 1. The topological polar surface area (TPSA) is 41.1 Å². The van der Waals surface area contributed by atoms with Crippen molar-refractivity contribution in [1.29, 1.82) is 0 Å². The van der Waals surface area contributed by atoms with Gasteiger partial charge in [0.25, 0.3) is 5.91 Å². The molecule has 15 heavy (non-hydrogen) atoms. The van der Waals surface area contributed by atoms with Crippen molar-refractivity contribution in [3.05, 3.63) is 34.5 Å². The number of thiophene rings is 1. The molecule has 2 rings (SSSR count). The fourth-order valence-electron chi connectivity index (χ4n) is 1.56. The number of rotatable bonds is 3. The maximum absolute atomic E-state index is 11.6. The SMILES string of the molecule is O=C(NNC1C=CCCC1)c1cccs1. The molecular formula is C11H14N2OS. The van der Waals surface area contributed by atoms with Crippen LogP contribution in [0.3, 0.4) is 0 Å². The molecule has 1 aromatic rings. The lowest BCUT2D eigenvalue weighted by Crippen LogP contribution is -2.43. The lowest BCUT2D eigenvalue weighted by atomic mass is 10.0. The van der Waals surface area contributed by atoms with Crippen molar-refractivity contribution in [2.24, 2.45) is 0 Å². The van der Waals surface area contributed by atoms with Gasteiger partial charge in [0.1, 0.15) is 0 Å². The van der Waals surface area contributed by atoms with Crippen LogP contribution >= 0.6 is 11.3 Å². The first-order valence-corrected chi connectivity index (χ1v) is 6.00. The maximum Gasteiger partial charge on any atom is 0.275 e. The Morgan fingerprint density at radius 2 is 2.47 bits per heavy atom. The molecule has 1 atom stereocenters. The van der Waals surface area contributed by atoms with Gasteiger partial charge < -0.3 is 0 Å². The molecule has 2 N–H and O–H groups in total. The molecule has 0 radical (unpaired) electrons. The Kier molecular flexibility index (Phi) is 3.53. The summed E-state index contributed by atoms with van der Waals surface area (Å²) in [4.78, 5) is 12.3. The van der Waals surface area contributed by atoms with Crippen molar-refractivity contribution >= 4 is 17.2 Å². The zero-order chi connectivity index (χ0) is 10.5. The summed E-state index contributed by atoms with van der Waals surface area (Å²) in [5, 5.41) is 1.90. The molecule has 4 heteroatoms. The van der Waals surface area contributed by atoms with Gasteiger partial charge in [-0.2, -0.15) is 0 Å². The average molecular weight is 222 g/mol. The van der Waals surface area contributed by atoms with Crippen LogP contribution in [0, 0.1) is 0 Å². The van der Waals surface area contributed by atoms with Crippen LogP contribution in [-0.4, -0.2) is 11.9 Å². The highest BCUT2D eigenvalue weighted by atomic mass is 32.1. The third-order valence-corrected chi connectivity index (χ3v) is 3.24. The zero-order valence-corrected chi connectivity index (χ0v) is 9.22. The smallest absolute Gasteiger partial charge is 0.275 e. The molecule has 1 aliphatic rings. The Morgan fingerprint density at radius 3 is 3.13 bits per heavy atom. The minimum absolute atomic E-state index is 0.0519. The van der Waals surface area contributed by atoms with Crippen LogP contribution in [0.1, 0.15) is 28.9 Å². The van der Waals surface area contributed by atoms with Gasteiger partial charge in [0.2, 0.25) is 0 Å². The standard InChI is InChI=1S/C11H14N2OS/c14-11(10-7-4-8-15-10)13-12-9-5-2-1-3-6-9/h2,4-5,7-9,12H,1,3,6H2,(H,13,14). The van der Waals surface area contributed by atoms with E-state index >= 15 is 0 Å². The molecule has 0 spiro atoms. The van der Waals surface area contributed by atoms with Crippen molar-refractivity contribution in [2.45, 2.75) is 25.3 Å². The maximum atomic E-state index is 11.6. The van der Waals surface area contributed by atoms with E-state index in [1.807, 2.05) is 17.5 Å². The monoisotopic (exact) mass is 222 g/mol. The number of hydrogen-bond donors (Lipinski definition) is 2. The largest absolute Gasteiger partial charge is 0.286 e. The number of amides is 1. The molecule has 0 saturated carbocycles. The van der Waals surface area contributed by atoms with Gasteiger partial charge in [-0.25, -0.2) is 5.43 Å². The Hall–Kier alpha value is -1.13. The van der Waals surface area contributed by atoms with E-state index in [-0.39, 0.29) is 11.9 Å². The highest BCUT2D eigenvalue weighted by Gasteiger charge is 2.10. The van der Waals surface area contributed by atoms with Crippen LogP contribution in [0.4, 0.5) is 0 Å². The first-order valence-electron chi connectivity index (χ1n) is 5.12. The van der Waals surface area contributed by atoms with Crippen molar-refractivity contribution < 1.29 is 4.79 Å². The van der Waals surface area contributed by atoms with Crippen molar-refractivity contribution in [3.63, 3.8) is 0 Å². The molecule has 1 aromatic heterocycles. The predicted molar refractivity (Wildman–Crippen MR) is 61.7 cm³/mol. The van der Waals surface area contributed by atoms with Crippen LogP contribution in [-0.2, 0) is 0 Å². The average Bonchev–Trinajstić information content (AvgIpc) is 2.81. The number of allylic oxidation sites excluding steroid dienone is 1. The van der Waals surface area contributed by atoms with E-state index in [9.17, 15) is 4.79 Å². The van der Waals surface area contributed by atoms with E-state index in [1.165, 1.54) is 17.8 Å². The molecule has 0 fully saturated rings. The second-order valence-corrected chi connectivity index (χ2v) is 4.49. The van der Waals surface area contributed by atoms with Gasteiger partial charge in [0, 0.05) is 6.04 Å². The highest BCUT2D eigenvalue weighted by Crippen LogP contribution is 2.10. The molecule has 0 aromatic carbocycles. The predicted octanol–water partition coefficient (Wildman–Crippen LogP) is 2.09. The first kappa shape index (κ1) is 10.4. The van der Waals surface area contributed by atoms with Crippen LogP contribution in [0.5, 0.6) is 0 Å². The normalized spacial score (nSPS) is 20.1. The first-order chi connectivity index (χ1) is 7.36. The third kappa shape index (κ3) is 2.91. The number of nitrogens with one attached hydrogen (secondary N) is 2. The van der Waals surface area contributed by atoms with Crippen molar-refractivity contribution in [2.75, 3.05) is 0 Å². The summed E-state index contributed by atoms with van der Waals surface area (Å²) in [5.74, 6) is -0.0519. The Labute approximate surface area is 93.2 Å². The molecule has 1 aliphatic carbocycles. The van der Waals surface area contributed by atoms with E-state index in [0.717, 1.165) is 17.7 Å². The Morgan fingerprint density at radius 1 is 1.53 bits per heavy atom. The third-order valence-electron chi connectivity index (χ3n) is 2.37. The van der Waals surface area contributed by atoms with E-state index in [1.54, 1.807) is 0 Å². The zero-order valence-electron chi connectivity index (χ0n) is 8.40. The summed E-state index contributed by atoms with van der Waals surface area (Å²) in [6, 6.07) is 3.97. The van der Waals surface area contributed by atoms with Crippen LogP contribution < -0.4 is 10.9 Å². The summed E-state index contributed by atoms with van der Waals surface area (Å²) in [5.41, 5.74) is 5.75. The summed E-state index contributed by atoms with van der Waals surface area (Å²) in [6.07, 6.45) is 7.68. The van der Waals surface area contributed by atoms with E-state index < -0.39 is 0 Å². The second kappa shape index (κ2) is 5.09. The quantitative estimate of drug-likeness (QED) is 0.607. The number of hydrogen-bond acceptors (Lipinski definition) is 3. The summed E-state index contributed by atoms with van der Waals surface area (Å²) in [6.45, 7) is 0. The van der Waals surface area contributed by atoms with E-state index in [0.29, 0.717) is 0 Å². The van der Waals surface area contributed by atoms with E-state index in [2.05, 4.69) is 23.0 Å². The molecule has 3 nitrogen and oxygen atoms in total. The minimum Gasteiger partial charge on any atom is -0.286 e. The van der Waals surface area contributed by atoms with E-state index in [4.69, 9.17) is 0 Å². The minimum atomic E-state index is -0.0519. The van der Waals surface area contributed by atoms with Gasteiger partial charge in [-0.1, -0.05) is 18.2 Å². The van der Waals surface area contributed by atoms with Gasteiger partial charge in [-0.15, -0.1) is 11.3 Å². The van der Waals surface area contributed by atoms with Crippen LogP contribution in [0.15, 0.2) is 29.7 Å². The molecule has 0 aliphatic heterocycles. The summed E-state index contributed by atoms with van der Waals surface area (Å²) < 4.78 is 0. The van der Waals surface area contributed by atoms with Crippen molar-refractivity contribution in [1.82, 2.24) is 10.9 Å². The molecular weight excluding hydrogens is 208 g/mol. The fraction of sp³-hybridized carbons (Fsp3) is 0.364. The van der Waals surface area contributed by atoms with Gasteiger partial charge in [-0.3, -0.25) is 10.2 Å². The lowest BCUT2D eigenvalue weighted by Gasteiger charge is -2.18. The summed E-state index contributed by atoms with van der Waals surface area (Å²) >= 11 is 1.45. The van der Waals surface area contributed by atoms with Gasteiger partial charge in [0.15, 0.2) is 0 Å². The summed E-state index contributed by atoms with van der Waals surface area (Å²) in [7, 11) is 0. The molecule has 0 saturated heterocycles. The van der Waals surface area contributed by atoms with Crippen LogP contribution in [0.2, 0.25) is 0 Å². The Balaban J connectivity index is 1.80. The molecule has 80 valence electrons. The second-order valence-electron chi connectivity index (χ2n) is 3.54. The molecule has 1 unspecified atom stereocenters. The lowest BCUT2D eigenvalue weighted by molar-refractivity contribution is 0.0931. The Bertz CT molecular complexity index is 345. The molecule has 1 heterocycles. The van der Waals surface area contributed by atoms with Gasteiger partial charge in [0.05, 0.1) is 4.88 Å². The molecule has 0 bridgehead atoms. The number of carbonyl (C=O) groups is 1. The van der Waals surface area contributed by atoms with Crippen molar-refractivity contribution in [3.8, 4) is 0 Å².